The molecule has 0 unspecified atom stereocenters. The van der Waals surface area contributed by atoms with Crippen molar-refractivity contribution in [2.24, 2.45) is 5.41 Å². The molecular weight excluding hydrogens is 432 g/mol. The number of benzene rings is 3. The first-order valence-electron chi connectivity index (χ1n) is 11.9. The number of piperazine rings is 1. The second-order valence-corrected chi connectivity index (χ2v) is 10.6. The molecule has 2 aliphatic rings. The number of hydrogen-bond donors (Lipinski definition) is 0. The molecule has 33 heavy (non-hydrogen) atoms. The molecule has 2 heterocycles. The van der Waals surface area contributed by atoms with Gasteiger partial charge in [-0.25, -0.2) is 0 Å². The lowest BCUT2D eigenvalue weighted by atomic mass is 9.94. The van der Waals surface area contributed by atoms with Crippen LogP contribution in [0.25, 0.3) is 10.8 Å². The van der Waals surface area contributed by atoms with E-state index < -0.39 is 0 Å². The van der Waals surface area contributed by atoms with Gasteiger partial charge in [0.15, 0.2) is 6.29 Å². The van der Waals surface area contributed by atoms with Gasteiger partial charge in [0, 0.05) is 55.3 Å². The third-order valence-corrected chi connectivity index (χ3v) is 6.98. The number of nitrogens with zero attached hydrogens (tertiary/aromatic N) is 2. The van der Waals surface area contributed by atoms with E-state index in [1.807, 2.05) is 12.1 Å². The van der Waals surface area contributed by atoms with Crippen LogP contribution in [-0.4, -0.2) is 49.2 Å². The van der Waals surface area contributed by atoms with Gasteiger partial charge in [0.25, 0.3) is 0 Å². The lowest BCUT2D eigenvalue weighted by molar-refractivity contribution is -0.225. The summed E-state index contributed by atoms with van der Waals surface area (Å²) in [6, 6.07) is 21.4. The van der Waals surface area contributed by atoms with Crippen LogP contribution < -0.4 is 0 Å². The summed E-state index contributed by atoms with van der Waals surface area (Å²) in [4.78, 5) is 5.09. The highest BCUT2D eigenvalue weighted by molar-refractivity contribution is 6.30. The molecule has 4 nitrogen and oxygen atoms in total. The Morgan fingerprint density at radius 2 is 1.39 bits per heavy atom. The van der Waals surface area contributed by atoms with Gasteiger partial charge in [0.05, 0.1) is 13.2 Å². The number of fused-ring (bicyclic) bond motifs is 1. The van der Waals surface area contributed by atoms with E-state index in [-0.39, 0.29) is 11.7 Å². The van der Waals surface area contributed by atoms with Crippen LogP contribution >= 0.6 is 11.6 Å². The van der Waals surface area contributed by atoms with Gasteiger partial charge in [-0.1, -0.05) is 74.0 Å². The average Bonchev–Trinajstić information content (AvgIpc) is 2.82. The molecule has 0 amide bonds. The van der Waals surface area contributed by atoms with Gasteiger partial charge in [-0.05, 0) is 34.0 Å². The second kappa shape index (κ2) is 9.73. The Bertz CT molecular complexity index is 1080. The summed E-state index contributed by atoms with van der Waals surface area (Å²) in [6.07, 6.45) is -0.284. The quantitative estimate of drug-likeness (QED) is 0.470. The van der Waals surface area contributed by atoms with E-state index in [1.165, 1.54) is 21.9 Å². The monoisotopic (exact) mass is 464 g/mol. The standard InChI is InChI=1S/C28H33ClN2O2/c1-28(2)19-32-27(33-20-28)26-12-9-22(24-5-3-4-6-25(24)26)18-31-15-13-30(14-16-31)17-21-7-10-23(29)11-8-21/h3-12,27H,13-20H2,1-2H3. The van der Waals surface area contributed by atoms with Crippen molar-refractivity contribution in [1.82, 2.24) is 9.80 Å². The van der Waals surface area contributed by atoms with Gasteiger partial charge in [0.1, 0.15) is 0 Å². The van der Waals surface area contributed by atoms with Crippen molar-refractivity contribution >= 4 is 22.4 Å². The zero-order valence-corrected chi connectivity index (χ0v) is 20.4. The molecule has 174 valence electrons. The zero-order valence-electron chi connectivity index (χ0n) is 19.6. The molecule has 3 aromatic rings. The van der Waals surface area contributed by atoms with Crippen molar-refractivity contribution in [3.05, 3.63) is 82.4 Å². The van der Waals surface area contributed by atoms with E-state index in [2.05, 4.69) is 72.2 Å². The molecule has 0 bridgehead atoms. The van der Waals surface area contributed by atoms with Gasteiger partial charge < -0.3 is 9.47 Å². The van der Waals surface area contributed by atoms with Gasteiger partial charge in [-0.3, -0.25) is 9.80 Å². The first-order valence-corrected chi connectivity index (χ1v) is 12.3. The largest absolute Gasteiger partial charge is 0.348 e. The van der Waals surface area contributed by atoms with Crippen LogP contribution in [-0.2, 0) is 22.6 Å². The highest BCUT2D eigenvalue weighted by Gasteiger charge is 2.30. The van der Waals surface area contributed by atoms with Crippen molar-refractivity contribution in [1.29, 1.82) is 0 Å². The SMILES string of the molecule is CC1(C)COC(c2ccc(CN3CCN(Cc4ccc(Cl)cc4)CC3)c3ccccc23)OC1. The Morgan fingerprint density at radius 3 is 2.06 bits per heavy atom. The second-order valence-electron chi connectivity index (χ2n) is 10.2. The predicted octanol–water partition coefficient (Wildman–Crippen LogP) is 5.88. The summed E-state index contributed by atoms with van der Waals surface area (Å²) in [7, 11) is 0. The molecule has 2 saturated heterocycles. The Kier molecular flexibility index (Phi) is 6.73. The number of hydrogen-bond acceptors (Lipinski definition) is 4. The van der Waals surface area contributed by atoms with E-state index in [1.54, 1.807) is 0 Å². The maximum Gasteiger partial charge on any atom is 0.184 e. The van der Waals surface area contributed by atoms with E-state index in [4.69, 9.17) is 21.1 Å². The lowest BCUT2D eigenvalue weighted by Gasteiger charge is -2.36. The highest BCUT2D eigenvalue weighted by atomic mass is 35.5. The average molecular weight is 465 g/mol. The molecule has 0 N–H and O–H groups in total. The molecule has 5 rings (SSSR count). The van der Waals surface area contributed by atoms with Crippen LogP contribution in [0.5, 0.6) is 0 Å². The van der Waals surface area contributed by atoms with Crippen molar-refractivity contribution < 1.29 is 9.47 Å². The molecule has 3 aromatic carbocycles. The number of halogens is 1. The van der Waals surface area contributed by atoms with E-state index in [0.29, 0.717) is 13.2 Å². The molecule has 0 aliphatic carbocycles. The number of rotatable bonds is 5. The zero-order chi connectivity index (χ0) is 22.8. The fourth-order valence-electron chi connectivity index (χ4n) is 4.79. The molecular formula is C28H33ClN2O2. The van der Waals surface area contributed by atoms with Gasteiger partial charge in [-0.2, -0.15) is 0 Å². The van der Waals surface area contributed by atoms with Crippen LogP contribution in [0.1, 0.15) is 36.8 Å². The molecule has 0 saturated carbocycles. The van der Waals surface area contributed by atoms with Crippen LogP contribution in [0.15, 0.2) is 60.7 Å². The van der Waals surface area contributed by atoms with E-state index in [9.17, 15) is 0 Å². The first-order chi connectivity index (χ1) is 16.0. The Labute approximate surface area is 202 Å². The molecule has 2 aliphatic heterocycles. The summed E-state index contributed by atoms with van der Waals surface area (Å²) in [6.45, 7) is 12.1. The van der Waals surface area contributed by atoms with Crippen molar-refractivity contribution in [2.75, 3.05) is 39.4 Å². The van der Waals surface area contributed by atoms with Crippen LogP contribution in [0.2, 0.25) is 5.02 Å². The van der Waals surface area contributed by atoms with Crippen LogP contribution in [0.4, 0.5) is 0 Å². The summed E-state index contributed by atoms with van der Waals surface area (Å²) in [5, 5.41) is 3.34. The first kappa shape index (κ1) is 22.8. The van der Waals surface area contributed by atoms with Crippen LogP contribution in [0.3, 0.4) is 0 Å². The Hall–Kier alpha value is -1.95. The fraction of sp³-hybridized carbons (Fsp3) is 0.429. The molecule has 0 atom stereocenters. The third-order valence-electron chi connectivity index (χ3n) is 6.73. The normalized spacial score (nSPS) is 20.3. The summed E-state index contributed by atoms with van der Waals surface area (Å²) in [5.41, 5.74) is 3.90. The fourth-order valence-corrected chi connectivity index (χ4v) is 4.92. The number of ether oxygens (including phenoxy) is 2. The molecule has 0 radical (unpaired) electrons. The minimum Gasteiger partial charge on any atom is -0.348 e. The van der Waals surface area contributed by atoms with E-state index in [0.717, 1.165) is 49.9 Å². The molecule has 2 fully saturated rings. The smallest absolute Gasteiger partial charge is 0.184 e. The van der Waals surface area contributed by atoms with E-state index >= 15 is 0 Å². The summed E-state index contributed by atoms with van der Waals surface area (Å²) in [5.74, 6) is 0. The third kappa shape index (κ3) is 5.42. The van der Waals surface area contributed by atoms with Gasteiger partial charge in [-0.15, -0.1) is 0 Å². The topological polar surface area (TPSA) is 24.9 Å². The van der Waals surface area contributed by atoms with Crippen molar-refractivity contribution in [3.63, 3.8) is 0 Å². The lowest BCUT2D eigenvalue weighted by Crippen LogP contribution is -2.45. The van der Waals surface area contributed by atoms with Crippen molar-refractivity contribution in [3.8, 4) is 0 Å². The Balaban J connectivity index is 1.25. The molecule has 5 heteroatoms. The van der Waals surface area contributed by atoms with Gasteiger partial charge >= 0.3 is 0 Å². The van der Waals surface area contributed by atoms with Crippen molar-refractivity contribution in [2.45, 2.75) is 33.2 Å². The maximum atomic E-state index is 6.10. The maximum absolute atomic E-state index is 6.10. The van der Waals surface area contributed by atoms with Crippen LogP contribution in [0, 0.1) is 5.41 Å². The highest BCUT2D eigenvalue weighted by Crippen LogP contribution is 2.35. The van der Waals surface area contributed by atoms with Gasteiger partial charge in [0.2, 0.25) is 0 Å². The minimum atomic E-state index is -0.284. The summed E-state index contributed by atoms with van der Waals surface area (Å²) >= 11 is 6.02. The predicted molar refractivity (Wildman–Crippen MR) is 134 cm³/mol. The molecule has 0 aromatic heterocycles. The minimum absolute atomic E-state index is 0.0714. The molecule has 0 spiro atoms. The Morgan fingerprint density at radius 1 is 0.788 bits per heavy atom. The summed E-state index contributed by atoms with van der Waals surface area (Å²) < 4.78 is 12.2.